The number of rotatable bonds is 4. The van der Waals surface area contributed by atoms with Gasteiger partial charge >= 0.3 is 0 Å². The van der Waals surface area contributed by atoms with Gasteiger partial charge in [-0.3, -0.25) is 14.7 Å². The highest BCUT2D eigenvalue weighted by Gasteiger charge is 2.19. The van der Waals surface area contributed by atoms with Crippen molar-refractivity contribution in [1.29, 1.82) is 0 Å². The van der Waals surface area contributed by atoms with Gasteiger partial charge in [-0.1, -0.05) is 17.7 Å². The van der Waals surface area contributed by atoms with E-state index >= 15 is 0 Å². The lowest BCUT2D eigenvalue weighted by molar-refractivity contribution is -0.133. The number of benzene rings is 1. The molecule has 1 amide bonds. The summed E-state index contributed by atoms with van der Waals surface area (Å²) in [4.78, 5) is 20.2. The maximum absolute atomic E-state index is 12.0. The molecule has 1 atom stereocenters. The second-order valence-electron chi connectivity index (χ2n) is 5.46. The molecule has 0 aliphatic rings. The third-order valence-electron chi connectivity index (χ3n) is 3.58. The van der Waals surface area contributed by atoms with Crippen molar-refractivity contribution < 1.29 is 4.79 Å². The minimum atomic E-state index is -0.178. The van der Waals surface area contributed by atoms with Crippen LogP contribution in [0.5, 0.6) is 0 Å². The third kappa shape index (κ3) is 3.71. The zero-order chi connectivity index (χ0) is 15.6. The predicted molar refractivity (Wildman–Crippen MR) is 86.4 cm³/mol. The van der Waals surface area contributed by atoms with E-state index in [2.05, 4.69) is 4.98 Å². The number of pyridine rings is 1. The zero-order valence-corrected chi connectivity index (χ0v) is 13.6. The summed E-state index contributed by atoms with van der Waals surface area (Å²) in [6.45, 7) is 2.53. The van der Waals surface area contributed by atoms with Crippen LogP contribution in [0, 0.1) is 0 Å². The van der Waals surface area contributed by atoms with Gasteiger partial charge in [0.05, 0.1) is 17.3 Å². The number of fused-ring (bicyclic) bond motifs is 1. The summed E-state index contributed by atoms with van der Waals surface area (Å²) in [5.74, 6) is 0.0880. The summed E-state index contributed by atoms with van der Waals surface area (Å²) in [5.41, 5.74) is 1.85. The van der Waals surface area contributed by atoms with E-state index in [1.807, 2.05) is 49.2 Å². The van der Waals surface area contributed by atoms with E-state index in [1.54, 1.807) is 19.0 Å². The highest BCUT2D eigenvalue weighted by atomic mass is 35.5. The van der Waals surface area contributed by atoms with E-state index in [-0.39, 0.29) is 11.9 Å². The van der Waals surface area contributed by atoms with E-state index in [1.165, 1.54) is 0 Å². The van der Waals surface area contributed by atoms with E-state index in [9.17, 15) is 4.79 Å². The Hall–Kier alpha value is -1.65. The summed E-state index contributed by atoms with van der Waals surface area (Å²) in [6, 6.07) is 9.45. The van der Waals surface area contributed by atoms with Gasteiger partial charge in [0, 0.05) is 31.0 Å². The normalized spacial score (nSPS) is 12.7. The van der Waals surface area contributed by atoms with Crippen molar-refractivity contribution in [3.63, 3.8) is 0 Å². The van der Waals surface area contributed by atoms with Crippen LogP contribution in [0.15, 0.2) is 30.3 Å². The third-order valence-corrected chi connectivity index (χ3v) is 3.81. The van der Waals surface area contributed by atoms with Gasteiger partial charge in [0.2, 0.25) is 5.91 Å². The van der Waals surface area contributed by atoms with Gasteiger partial charge < -0.3 is 4.90 Å². The number of hydrogen-bond acceptors (Lipinski definition) is 3. The number of amides is 1. The number of likely N-dealkylation sites (N-methyl/N-ethyl adjacent to an activating group) is 2. The number of carbonyl (C=O) groups excluding carboxylic acids is 1. The Bertz CT molecular complexity index is 657. The molecule has 0 aliphatic heterocycles. The Morgan fingerprint density at radius 2 is 1.95 bits per heavy atom. The smallest absolute Gasteiger partial charge is 0.239 e. The molecule has 0 aliphatic carbocycles. The zero-order valence-electron chi connectivity index (χ0n) is 12.8. The summed E-state index contributed by atoms with van der Waals surface area (Å²) >= 11 is 5.97. The standard InChI is InChI=1S/C16H20ClN3O/c1-11(16(21)19(2)3)20(4)10-14-7-5-12-9-13(17)6-8-15(12)18-14/h5-9,11H,10H2,1-4H3/t11-/m0/s1. The first-order valence-corrected chi connectivity index (χ1v) is 7.23. The molecule has 4 nitrogen and oxygen atoms in total. The molecule has 0 spiro atoms. The summed E-state index contributed by atoms with van der Waals surface area (Å²) in [5, 5.41) is 1.73. The lowest BCUT2D eigenvalue weighted by Gasteiger charge is -2.26. The van der Waals surface area contributed by atoms with Crippen LogP contribution >= 0.6 is 11.6 Å². The molecule has 21 heavy (non-hydrogen) atoms. The van der Waals surface area contributed by atoms with Gasteiger partial charge in [0.25, 0.3) is 0 Å². The number of nitrogens with zero attached hydrogens (tertiary/aromatic N) is 3. The molecule has 5 heteroatoms. The monoisotopic (exact) mass is 305 g/mol. The van der Waals surface area contributed by atoms with Crippen molar-refractivity contribution in [3.8, 4) is 0 Å². The van der Waals surface area contributed by atoms with Crippen LogP contribution in [0.1, 0.15) is 12.6 Å². The van der Waals surface area contributed by atoms with Crippen molar-refractivity contribution in [1.82, 2.24) is 14.8 Å². The van der Waals surface area contributed by atoms with Gasteiger partial charge in [-0.25, -0.2) is 0 Å². The minimum absolute atomic E-state index is 0.0880. The Morgan fingerprint density at radius 1 is 1.24 bits per heavy atom. The van der Waals surface area contributed by atoms with E-state index in [0.29, 0.717) is 11.6 Å². The van der Waals surface area contributed by atoms with E-state index in [0.717, 1.165) is 16.6 Å². The fourth-order valence-electron chi connectivity index (χ4n) is 2.18. The molecule has 1 aromatic heterocycles. The topological polar surface area (TPSA) is 36.4 Å². The lowest BCUT2D eigenvalue weighted by Crippen LogP contribution is -2.42. The lowest BCUT2D eigenvalue weighted by atomic mass is 10.2. The molecular weight excluding hydrogens is 286 g/mol. The minimum Gasteiger partial charge on any atom is -0.347 e. The van der Waals surface area contributed by atoms with Crippen LogP contribution in [0.3, 0.4) is 0 Å². The van der Waals surface area contributed by atoms with Crippen LogP contribution in [-0.4, -0.2) is 47.9 Å². The number of aromatic nitrogens is 1. The van der Waals surface area contributed by atoms with E-state index in [4.69, 9.17) is 11.6 Å². The van der Waals surface area contributed by atoms with Crippen molar-refractivity contribution in [2.75, 3.05) is 21.1 Å². The van der Waals surface area contributed by atoms with Gasteiger partial charge in [0.15, 0.2) is 0 Å². The molecule has 0 N–H and O–H groups in total. The second kappa shape index (κ2) is 6.41. The largest absolute Gasteiger partial charge is 0.347 e. The predicted octanol–water partition coefficient (Wildman–Crippen LogP) is 2.80. The van der Waals surface area contributed by atoms with Crippen molar-refractivity contribution in [2.24, 2.45) is 0 Å². The molecule has 112 valence electrons. The van der Waals surface area contributed by atoms with Gasteiger partial charge in [-0.15, -0.1) is 0 Å². The molecule has 0 bridgehead atoms. The molecule has 1 heterocycles. The molecule has 2 aromatic rings. The highest BCUT2D eigenvalue weighted by Crippen LogP contribution is 2.18. The van der Waals surface area contributed by atoms with E-state index < -0.39 is 0 Å². The fourth-order valence-corrected chi connectivity index (χ4v) is 2.36. The SMILES string of the molecule is C[C@@H](C(=O)N(C)C)N(C)Cc1ccc2cc(Cl)ccc2n1. The van der Waals surface area contributed by atoms with Crippen molar-refractivity contribution in [2.45, 2.75) is 19.5 Å². The summed E-state index contributed by atoms with van der Waals surface area (Å²) in [6.07, 6.45) is 0. The van der Waals surface area contributed by atoms with Crippen LogP contribution in [0.25, 0.3) is 10.9 Å². The van der Waals surface area contributed by atoms with Gasteiger partial charge in [0.1, 0.15) is 0 Å². The average molecular weight is 306 g/mol. The molecule has 0 saturated heterocycles. The quantitative estimate of drug-likeness (QED) is 0.871. The molecule has 0 radical (unpaired) electrons. The fraction of sp³-hybridized carbons (Fsp3) is 0.375. The highest BCUT2D eigenvalue weighted by molar-refractivity contribution is 6.31. The van der Waals surface area contributed by atoms with Crippen LogP contribution in [-0.2, 0) is 11.3 Å². The average Bonchev–Trinajstić information content (AvgIpc) is 2.45. The Balaban J connectivity index is 2.16. The maximum Gasteiger partial charge on any atom is 0.239 e. The molecular formula is C16H20ClN3O. The maximum atomic E-state index is 12.0. The summed E-state index contributed by atoms with van der Waals surface area (Å²) < 4.78 is 0. The second-order valence-corrected chi connectivity index (χ2v) is 5.90. The Labute approximate surface area is 130 Å². The first-order valence-electron chi connectivity index (χ1n) is 6.85. The van der Waals surface area contributed by atoms with Crippen LogP contribution in [0.4, 0.5) is 0 Å². The van der Waals surface area contributed by atoms with Gasteiger partial charge in [-0.2, -0.15) is 0 Å². The van der Waals surface area contributed by atoms with Crippen LogP contribution < -0.4 is 0 Å². The first-order chi connectivity index (χ1) is 9.88. The molecule has 2 rings (SSSR count). The Kier molecular flexibility index (Phi) is 4.80. The number of carbonyl (C=O) groups is 1. The van der Waals surface area contributed by atoms with Crippen molar-refractivity contribution in [3.05, 3.63) is 41.0 Å². The molecule has 1 aromatic carbocycles. The summed E-state index contributed by atoms with van der Waals surface area (Å²) in [7, 11) is 5.47. The van der Waals surface area contributed by atoms with Crippen LogP contribution in [0.2, 0.25) is 5.02 Å². The van der Waals surface area contributed by atoms with Crippen molar-refractivity contribution >= 4 is 28.4 Å². The first kappa shape index (κ1) is 15.7. The number of halogens is 1. The number of hydrogen-bond donors (Lipinski definition) is 0. The molecule has 0 unspecified atom stereocenters. The molecule has 0 saturated carbocycles. The Morgan fingerprint density at radius 3 is 2.62 bits per heavy atom. The van der Waals surface area contributed by atoms with Gasteiger partial charge in [-0.05, 0) is 38.2 Å². The molecule has 0 fully saturated rings.